The summed E-state index contributed by atoms with van der Waals surface area (Å²) in [5.74, 6) is -2.56. The van der Waals surface area contributed by atoms with E-state index in [9.17, 15) is 30.3 Å². The van der Waals surface area contributed by atoms with E-state index in [1.807, 2.05) is 19.9 Å². The number of aryl methyl sites for hydroxylation is 1. The van der Waals surface area contributed by atoms with Gasteiger partial charge in [-0.25, -0.2) is 4.79 Å². The molecule has 0 spiro atoms. The fourth-order valence-corrected chi connectivity index (χ4v) is 15.3. The van der Waals surface area contributed by atoms with Crippen molar-refractivity contribution in [2.45, 2.75) is 152 Å². The maximum absolute atomic E-state index is 15.3. The molecule has 3 fully saturated rings. The summed E-state index contributed by atoms with van der Waals surface area (Å²) in [6.07, 6.45) is 12.1. The van der Waals surface area contributed by atoms with Crippen molar-refractivity contribution in [3.63, 3.8) is 0 Å². The summed E-state index contributed by atoms with van der Waals surface area (Å²) in [4.78, 5) is 29.7. The molecule has 3 aromatic rings. The van der Waals surface area contributed by atoms with Crippen molar-refractivity contribution >= 4 is 16.9 Å². The Balaban J connectivity index is 1.16. The number of allylic oxidation sites excluding steroid dienone is 5. The second-order valence-corrected chi connectivity index (χ2v) is 22.2. The van der Waals surface area contributed by atoms with Gasteiger partial charge in [-0.15, -0.1) is 0 Å². The fourth-order valence-electron chi connectivity index (χ4n) is 15.3. The molecule has 2 saturated carbocycles. The van der Waals surface area contributed by atoms with Gasteiger partial charge in [-0.3, -0.25) is 10.1 Å². The standard InChI is InChI=1S/C56H66N4O10/c1-26-6-10-30-5-4-17-56(30,67)48(26)54(66)69-43-22-39-49(65)46-42(64)21-32(24-61)68-51(46)47-44-37-16-18-58-52(57)45(37)35(13-9-28-8-11-31(63)20-38(28)40(44)25-62)34-15-14-33-29(19-41(34)55(43,3)70-50(39)47)23-59-53-36(33)12-7-27(2)60-53/h8,11,16,20-21,23,27,30,34-35,40-41,43-44,53,58-63,65,67H,4-7,9-10,12-15,17-19,22,24-25,57H2,1-3H3/t27-,30-,34+,35+,40+,41+,43-,44+,53?,55+,56+/m1/s1. The molecule has 9 aliphatic rings. The van der Waals surface area contributed by atoms with E-state index in [0.717, 1.165) is 72.8 Å². The van der Waals surface area contributed by atoms with Crippen LogP contribution in [0.15, 0.2) is 90.6 Å². The summed E-state index contributed by atoms with van der Waals surface area (Å²) in [5.41, 5.74) is 13.2. The van der Waals surface area contributed by atoms with E-state index in [-0.39, 0.29) is 75.8 Å². The molecule has 370 valence electrons. The van der Waals surface area contributed by atoms with E-state index in [0.29, 0.717) is 61.6 Å². The Labute approximate surface area is 407 Å². The van der Waals surface area contributed by atoms with E-state index in [4.69, 9.17) is 19.6 Å². The van der Waals surface area contributed by atoms with E-state index >= 15 is 4.79 Å². The molecule has 4 bridgehead atoms. The second kappa shape index (κ2) is 16.8. The Kier molecular flexibility index (Phi) is 10.9. The Morgan fingerprint density at radius 1 is 1.03 bits per heavy atom. The number of phenolic OH excluding ortho intramolecular Hbond substituents is 2. The number of hydrogen-bond donors (Lipinski definition) is 9. The number of aliphatic hydroxyl groups is 3. The first kappa shape index (κ1) is 45.6. The number of aliphatic hydroxyl groups excluding tert-OH is 2. The first-order valence-electron chi connectivity index (χ1n) is 25.8. The molecule has 1 aromatic heterocycles. The minimum Gasteiger partial charge on any atom is -0.508 e. The number of piperidine rings is 1. The van der Waals surface area contributed by atoms with Gasteiger partial charge in [-0.2, -0.15) is 0 Å². The highest BCUT2D eigenvalue weighted by Gasteiger charge is 2.59. The third-order valence-electron chi connectivity index (χ3n) is 18.6. The second-order valence-electron chi connectivity index (χ2n) is 22.2. The lowest BCUT2D eigenvalue weighted by Gasteiger charge is -2.52. The molecule has 11 atom stereocenters. The number of hydrogen-bond acceptors (Lipinski definition) is 14. The zero-order chi connectivity index (χ0) is 48.5. The highest BCUT2D eigenvalue weighted by molar-refractivity contribution is 5.93. The van der Waals surface area contributed by atoms with Gasteiger partial charge in [0, 0.05) is 60.2 Å². The van der Waals surface area contributed by atoms with Crippen LogP contribution in [0.25, 0.3) is 11.0 Å². The van der Waals surface area contributed by atoms with Gasteiger partial charge in [-0.05, 0) is 167 Å². The Morgan fingerprint density at radius 3 is 2.69 bits per heavy atom. The van der Waals surface area contributed by atoms with Gasteiger partial charge in [-0.1, -0.05) is 17.7 Å². The number of nitrogens with one attached hydrogen (secondary N) is 3. The van der Waals surface area contributed by atoms with Crippen molar-refractivity contribution in [2.75, 3.05) is 13.2 Å². The number of rotatable bonds is 4. The van der Waals surface area contributed by atoms with Crippen molar-refractivity contribution in [1.82, 2.24) is 16.0 Å². The van der Waals surface area contributed by atoms with Crippen LogP contribution in [-0.2, 0) is 29.0 Å². The first-order valence-corrected chi connectivity index (χ1v) is 25.8. The maximum Gasteiger partial charge on any atom is 0.337 e. The summed E-state index contributed by atoms with van der Waals surface area (Å²) in [5, 5.41) is 69.6. The minimum atomic E-state index is -1.33. The summed E-state index contributed by atoms with van der Waals surface area (Å²) in [7, 11) is 0. The summed E-state index contributed by atoms with van der Waals surface area (Å²) >= 11 is 0. The van der Waals surface area contributed by atoms with Crippen molar-refractivity contribution in [1.29, 1.82) is 0 Å². The van der Waals surface area contributed by atoms with Crippen molar-refractivity contribution in [3.8, 4) is 17.2 Å². The Morgan fingerprint density at radius 2 is 1.87 bits per heavy atom. The van der Waals surface area contributed by atoms with Gasteiger partial charge in [0.25, 0.3) is 0 Å². The predicted molar refractivity (Wildman–Crippen MR) is 261 cm³/mol. The molecule has 1 saturated heterocycles. The largest absolute Gasteiger partial charge is 0.508 e. The molecule has 1 unspecified atom stereocenters. The summed E-state index contributed by atoms with van der Waals surface area (Å²) in [6, 6.07) is 6.87. The smallest absolute Gasteiger partial charge is 0.337 e. The number of dihydropyridines is 2. The Bertz CT molecular complexity index is 2970. The lowest BCUT2D eigenvalue weighted by Crippen LogP contribution is -2.59. The summed E-state index contributed by atoms with van der Waals surface area (Å²) < 4.78 is 21.4. The van der Waals surface area contributed by atoms with Crippen LogP contribution < -0.4 is 31.8 Å². The van der Waals surface area contributed by atoms with Gasteiger partial charge in [0.05, 0.1) is 23.9 Å². The zero-order valence-corrected chi connectivity index (χ0v) is 40.3. The number of fused-ring (bicyclic) bond motifs is 11. The van der Waals surface area contributed by atoms with Crippen LogP contribution in [0.2, 0.25) is 0 Å². The molecule has 12 rings (SSSR count). The molecular weight excluding hydrogens is 889 g/mol. The fraction of sp³-hybridized carbons (Fsp3) is 0.536. The third-order valence-corrected chi connectivity index (χ3v) is 18.6. The number of aromatic hydroxyl groups is 2. The molecule has 14 nitrogen and oxygen atoms in total. The van der Waals surface area contributed by atoms with Crippen molar-refractivity contribution < 1.29 is 44.2 Å². The van der Waals surface area contributed by atoms with Crippen LogP contribution in [0.5, 0.6) is 17.2 Å². The first-order chi connectivity index (χ1) is 33.7. The van der Waals surface area contributed by atoms with Crippen LogP contribution in [0.4, 0.5) is 0 Å². The number of benzene rings is 2. The predicted octanol–water partition coefficient (Wildman–Crippen LogP) is 6.38. The molecule has 14 heteroatoms. The molecule has 0 radical (unpaired) electrons. The lowest BCUT2D eigenvalue weighted by atomic mass is 9.61. The van der Waals surface area contributed by atoms with Gasteiger partial charge in [0.15, 0.2) is 5.43 Å². The van der Waals surface area contributed by atoms with Crippen LogP contribution in [0, 0.1) is 23.7 Å². The van der Waals surface area contributed by atoms with Gasteiger partial charge in [0.1, 0.15) is 58.1 Å². The topological polar surface area (TPSA) is 229 Å². The van der Waals surface area contributed by atoms with E-state index in [1.165, 1.54) is 22.8 Å². The molecular formula is C56H66N4O10. The number of ether oxygens (including phenoxy) is 2. The van der Waals surface area contributed by atoms with Gasteiger partial charge in [0.2, 0.25) is 0 Å². The molecule has 0 amide bonds. The van der Waals surface area contributed by atoms with E-state index in [1.54, 1.807) is 12.1 Å². The average Bonchev–Trinajstić information content (AvgIpc) is 3.63. The minimum absolute atomic E-state index is 0.00986. The Hall–Kier alpha value is -5.54. The molecule has 4 aliphatic carbocycles. The molecule has 70 heavy (non-hydrogen) atoms. The highest BCUT2D eigenvalue weighted by atomic mass is 16.6. The van der Waals surface area contributed by atoms with Crippen molar-refractivity contribution in [3.05, 3.63) is 120 Å². The van der Waals surface area contributed by atoms with Gasteiger partial charge >= 0.3 is 5.97 Å². The molecule has 5 aliphatic heterocycles. The third kappa shape index (κ3) is 6.79. The number of esters is 1. The number of phenols is 2. The van der Waals surface area contributed by atoms with Crippen molar-refractivity contribution in [2.24, 2.45) is 29.4 Å². The van der Waals surface area contributed by atoms with E-state index < -0.39 is 53.8 Å². The van der Waals surface area contributed by atoms with Crippen LogP contribution in [-0.4, -0.2) is 74.2 Å². The van der Waals surface area contributed by atoms with Gasteiger partial charge < -0.3 is 55.8 Å². The van der Waals surface area contributed by atoms with Crippen LogP contribution in [0.1, 0.15) is 131 Å². The maximum atomic E-state index is 15.3. The lowest BCUT2D eigenvalue weighted by molar-refractivity contribution is -0.172. The van der Waals surface area contributed by atoms with Crippen LogP contribution >= 0.6 is 0 Å². The molecule has 2 aromatic carbocycles. The van der Waals surface area contributed by atoms with E-state index in [2.05, 4.69) is 35.2 Å². The van der Waals surface area contributed by atoms with Crippen LogP contribution in [0.3, 0.4) is 0 Å². The summed E-state index contributed by atoms with van der Waals surface area (Å²) in [6.45, 7) is 5.55. The average molecular weight is 955 g/mol. The monoisotopic (exact) mass is 954 g/mol. The highest BCUT2D eigenvalue weighted by Crippen LogP contribution is 2.62. The number of carbonyl (C=O) groups excluding carboxylic acids is 1. The quantitative estimate of drug-likeness (QED) is 0.130. The number of nitrogens with two attached hydrogens (primary N) is 1. The zero-order valence-electron chi connectivity index (χ0n) is 40.3. The molecule has 10 N–H and O–H groups in total. The molecule has 6 heterocycles. The SMILES string of the molecule is CC1=C(C(=O)O[C@@H]2Cc3c4c(c5oc(CO)cc(=O)c5c3O)[C@H]3C5=CCNC(N)=C5[C@@H](CCc5ccc(O)cc5[C@@H]3CO)[C@@H]3CCC5=C6CC[C@@H](C)NC6NC=C5C[C@@H]3[C@]2(C)O4)[C@]2(O)CCC[C@@H]2CC1. The number of carbonyl (C=O) groups is 1. The normalized spacial score (nSPS) is 34.3.